The number of thioether (sulfide) groups is 1. The van der Waals surface area contributed by atoms with E-state index in [1.165, 1.54) is 36.4 Å². The molecule has 0 saturated carbocycles. The fraction of sp³-hybridized carbons (Fsp3) is 0.0909. The molecule has 0 aromatic heterocycles. The number of hydrogen-bond acceptors (Lipinski definition) is 3. The summed E-state index contributed by atoms with van der Waals surface area (Å²) < 4.78 is 67.2. The number of anilines is 2. The van der Waals surface area contributed by atoms with Crippen molar-refractivity contribution in [2.24, 2.45) is 0 Å². The van der Waals surface area contributed by atoms with Gasteiger partial charge in [-0.15, -0.1) is 11.8 Å². The lowest BCUT2D eigenvalue weighted by atomic mass is 10.1. The maximum absolute atomic E-state index is 13.6. The SMILES string of the molecule is O=C(CSc1ccccc1F)Nc1ccc(NC(=O)c2ccc(F)cc2)cc1C(F)(F)F. The van der Waals surface area contributed by atoms with E-state index >= 15 is 0 Å². The molecule has 4 nitrogen and oxygen atoms in total. The highest BCUT2D eigenvalue weighted by Gasteiger charge is 2.34. The van der Waals surface area contributed by atoms with E-state index in [9.17, 15) is 31.5 Å². The third-order valence-electron chi connectivity index (χ3n) is 4.16. The molecule has 0 aliphatic rings. The Bertz CT molecular complexity index is 1130. The summed E-state index contributed by atoms with van der Waals surface area (Å²) in [6.45, 7) is 0. The van der Waals surface area contributed by atoms with Crippen molar-refractivity contribution in [3.8, 4) is 0 Å². The molecule has 166 valence electrons. The van der Waals surface area contributed by atoms with Crippen molar-refractivity contribution in [3.05, 3.63) is 89.5 Å². The molecule has 0 aliphatic heterocycles. The molecule has 32 heavy (non-hydrogen) atoms. The third kappa shape index (κ3) is 6.07. The molecule has 0 radical (unpaired) electrons. The monoisotopic (exact) mass is 466 g/mol. The zero-order valence-electron chi connectivity index (χ0n) is 16.2. The lowest BCUT2D eigenvalue weighted by Gasteiger charge is -2.16. The number of carbonyl (C=O) groups excluding carboxylic acids is 2. The molecule has 3 aromatic rings. The van der Waals surface area contributed by atoms with E-state index in [0.29, 0.717) is 6.07 Å². The second kappa shape index (κ2) is 9.82. The Labute approximate surface area is 183 Å². The molecule has 2 N–H and O–H groups in total. The van der Waals surface area contributed by atoms with Crippen molar-refractivity contribution >= 4 is 35.0 Å². The van der Waals surface area contributed by atoms with Crippen LogP contribution >= 0.6 is 11.8 Å². The highest BCUT2D eigenvalue weighted by Crippen LogP contribution is 2.37. The van der Waals surface area contributed by atoms with Crippen LogP contribution in [0.5, 0.6) is 0 Å². The van der Waals surface area contributed by atoms with Crippen LogP contribution in [-0.4, -0.2) is 17.6 Å². The fourth-order valence-corrected chi connectivity index (χ4v) is 3.40. The first kappa shape index (κ1) is 23.3. The fourth-order valence-electron chi connectivity index (χ4n) is 2.66. The molecule has 2 amide bonds. The Balaban J connectivity index is 1.73. The van der Waals surface area contributed by atoms with Crippen LogP contribution in [0.15, 0.2) is 71.6 Å². The first-order valence-corrected chi connectivity index (χ1v) is 10.1. The average Bonchev–Trinajstić information content (AvgIpc) is 2.74. The molecule has 0 atom stereocenters. The highest BCUT2D eigenvalue weighted by molar-refractivity contribution is 8.00. The van der Waals surface area contributed by atoms with E-state index < -0.39 is 40.9 Å². The highest BCUT2D eigenvalue weighted by atomic mass is 32.2. The van der Waals surface area contributed by atoms with E-state index in [-0.39, 0.29) is 21.9 Å². The number of halogens is 5. The Morgan fingerprint density at radius 1 is 0.875 bits per heavy atom. The van der Waals surface area contributed by atoms with E-state index in [4.69, 9.17) is 0 Å². The Morgan fingerprint density at radius 2 is 1.56 bits per heavy atom. The predicted octanol–water partition coefficient (Wildman–Crippen LogP) is 5.97. The average molecular weight is 466 g/mol. The van der Waals surface area contributed by atoms with Gasteiger partial charge in [0.2, 0.25) is 5.91 Å². The van der Waals surface area contributed by atoms with Crippen LogP contribution in [0, 0.1) is 11.6 Å². The van der Waals surface area contributed by atoms with Gasteiger partial charge in [0.15, 0.2) is 0 Å². The molecule has 10 heteroatoms. The first-order valence-electron chi connectivity index (χ1n) is 9.09. The second-order valence-corrected chi connectivity index (χ2v) is 7.50. The van der Waals surface area contributed by atoms with Gasteiger partial charge in [-0.2, -0.15) is 13.2 Å². The van der Waals surface area contributed by atoms with Gasteiger partial charge < -0.3 is 10.6 Å². The first-order chi connectivity index (χ1) is 15.1. The molecule has 0 fully saturated rings. The van der Waals surface area contributed by atoms with Crippen LogP contribution in [0.25, 0.3) is 0 Å². The molecule has 0 unspecified atom stereocenters. The maximum atomic E-state index is 13.6. The van der Waals surface area contributed by atoms with Crippen molar-refractivity contribution in [1.29, 1.82) is 0 Å². The summed E-state index contributed by atoms with van der Waals surface area (Å²) in [5.41, 5.74) is -1.78. The summed E-state index contributed by atoms with van der Waals surface area (Å²) in [4.78, 5) is 24.5. The molecule has 0 aliphatic carbocycles. The van der Waals surface area contributed by atoms with Crippen molar-refractivity contribution in [2.45, 2.75) is 11.1 Å². The summed E-state index contributed by atoms with van der Waals surface area (Å²) in [5, 5.41) is 4.47. The van der Waals surface area contributed by atoms with Gasteiger partial charge in [-0.05, 0) is 54.6 Å². The number of amides is 2. The van der Waals surface area contributed by atoms with Gasteiger partial charge in [0, 0.05) is 16.1 Å². The smallest absolute Gasteiger partial charge is 0.325 e. The number of benzene rings is 3. The summed E-state index contributed by atoms with van der Waals surface area (Å²) in [7, 11) is 0. The second-order valence-electron chi connectivity index (χ2n) is 6.49. The molecular weight excluding hydrogens is 451 g/mol. The van der Waals surface area contributed by atoms with Crippen LogP contribution in [-0.2, 0) is 11.0 Å². The van der Waals surface area contributed by atoms with Gasteiger partial charge in [0.1, 0.15) is 11.6 Å². The maximum Gasteiger partial charge on any atom is 0.418 e. The van der Waals surface area contributed by atoms with Crippen molar-refractivity contribution in [1.82, 2.24) is 0 Å². The van der Waals surface area contributed by atoms with Crippen LogP contribution in [0.4, 0.5) is 33.3 Å². The standard InChI is InChI=1S/C22H15F5N2O2S/c23-14-7-5-13(6-8-14)21(31)28-15-9-10-18(16(11-15)22(25,26)27)29-20(30)12-32-19-4-2-1-3-17(19)24/h1-11H,12H2,(H,28,31)(H,29,30). The lowest BCUT2D eigenvalue weighted by Crippen LogP contribution is -2.19. The molecule has 0 spiro atoms. The molecule has 0 saturated heterocycles. The van der Waals surface area contributed by atoms with Crippen LogP contribution in [0.1, 0.15) is 15.9 Å². The topological polar surface area (TPSA) is 58.2 Å². The van der Waals surface area contributed by atoms with Gasteiger partial charge in [-0.25, -0.2) is 8.78 Å². The minimum absolute atomic E-state index is 0.0579. The predicted molar refractivity (Wildman–Crippen MR) is 112 cm³/mol. The number of nitrogens with one attached hydrogen (secondary N) is 2. The normalized spacial score (nSPS) is 11.2. The number of carbonyl (C=O) groups is 2. The quantitative estimate of drug-likeness (QED) is 0.348. The largest absolute Gasteiger partial charge is 0.418 e. The zero-order chi connectivity index (χ0) is 23.3. The van der Waals surface area contributed by atoms with Gasteiger partial charge in [0.25, 0.3) is 5.91 Å². The summed E-state index contributed by atoms with van der Waals surface area (Å²) in [5.74, 6) is -2.89. The molecule has 0 bridgehead atoms. The van der Waals surface area contributed by atoms with Crippen molar-refractivity contribution < 1.29 is 31.5 Å². The van der Waals surface area contributed by atoms with E-state index in [1.54, 1.807) is 6.07 Å². The van der Waals surface area contributed by atoms with E-state index in [0.717, 1.165) is 30.0 Å². The van der Waals surface area contributed by atoms with Crippen LogP contribution in [0.3, 0.4) is 0 Å². The molecule has 0 heterocycles. The van der Waals surface area contributed by atoms with Gasteiger partial charge >= 0.3 is 6.18 Å². The summed E-state index contributed by atoms with van der Waals surface area (Å²) in [6.07, 6.45) is -4.82. The molecule has 3 aromatic carbocycles. The Kier molecular flexibility index (Phi) is 7.14. The Morgan fingerprint density at radius 3 is 2.22 bits per heavy atom. The minimum atomic E-state index is -4.82. The van der Waals surface area contributed by atoms with Crippen LogP contribution < -0.4 is 10.6 Å². The van der Waals surface area contributed by atoms with Gasteiger partial charge in [-0.3, -0.25) is 9.59 Å². The number of rotatable bonds is 6. The van der Waals surface area contributed by atoms with Crippen LogP contribution in [0.2, 0.25) is 0 Å². The van der Waals surface area contributed by atoms with E-state index in [1.807, 2.05) is 0 Å². The number of alkyl halides is 3. The lowest BCUT2D eigenvalue weighted by molar-refractivity contribution is -0.136. The zero-order valence-corrected chi connectivity index (χ0v) is 17.0. The van der Waals surface area contributed by atoms with Crippen molar-refractivity contribution in [2.75, 3.05) is 16.4 Å². The summed E-state index contributed by atoms with van der Waals surface area (Å²) in [6, 6.07) is 13.1. The molecule has 3 rings (SSSR count). The third-order valence-corrected chi connectivity index (χ3v) is 5.21. The van der Waals surface area contributed by atoms with Gasteiger partial charge in [0.05, 0.1) is 17.0 Å². The van der Waals surface area contributed by atoms with Crippen molar-refractivity contribution in [3.63, 3.8) is 0 Å². The minimum Gasteiger partial charge on any atom is -0.325 e. The van der Waals surface area contributed by atoms with Gasteiger partial charge in [-0.1, -0.05) is 12.1 Å². The summed E-state index contributed by atoms with van der Waals surface area (Å²) >= 11 is 0.846. The molecular formula is C22H15F5N2O2S. The van der Waals surface area contributed by atoms with E-state index in [2.05, 4.69) is 10.6 Å². The Hall–Kier alpha value is -3.40. The number of hydrogen-bond donors (Lipinski definition) is 2.